The predicted molar refractivity (Wildman–Crippen MR) is 51.9 cm³/mol. The van der Waals surface area contributed by atoms with Gasteiger partial charge in [-0.1, -0.05) is 0 Å². The van der Waals surface area contributed by atoms with Gasteiger partial charge in [-0.2, -0.15) is 0 Å². The first-order valence-corrected chi connectivity index (χ1v) is 5.56. The van der Waals surface area contributed by atoms with Crippen molar-refractivity contribution in [1.29, 1.82) is 0 Å². The standard InChI is InChI=1S/C10H12F2OS/c11-10(12,4-5-13)9-6-7-2-1-3-8(7)14-9/h6,13H,1-5H2. The summed E-state index contributed by atoms with van der Waals surface area (Å²) in [6.45, 7) is -0.463. The molecule has 0 saturated heterocycles. The Bertz CT molecular complexity index is 311. The lowest BCUT2D eigenvalue weighted by Crippen LogP contribution is -2.13. The highest BCUT2D eigenvalue weighted by atomic mass is 32.1. The second kappa shape index (κ2) is 3.59. The summed E-state index contributed by atoms with van der Waals surface area (Å²) in [5, 5.41) is 8.54. The fourth-order valence-electron chi connectivity index (χ4n) is 1.77. The number of thiophene rings is 1. The number of fused-ring (bicyclic) bond motifs is 1. The van der Waals surface area contributed by atoms with Gasteiger partial charge in [-0.3, -0.25) is 0 Å². The molecule has 4 heteroatoms. The molecule has 0 atom stereocenters. The minimum Gasteiger partial charge on any atom is -0.396 e. The van der Waals surface area contributed by atoms with Gasteiger partial charge in [0.25, 0.3) is 5.92 Å². The molecule has 14 heavy (non-hydrogen) atoms. The van der Waals surface area contributed by atoms with Crippen LogP contribution in [0.1, 0.15) is 28.2 Å². The third kappa shape index (κ3) is 1.68. The number of alkyl halides is 2. The molecule has 1 aliphatic rings. The Kier molecular flexibility index (Phi) is 2.58. The Morgan fingerprint density at radius 2 is 2.21 bits per heavy atom. The first-order valence-electron chi connectivity index (χ1n) is 4.74. The van der Waals surface area contributed by atoms with Crippen molar-refractivity contribution >= 4 is 11.3 Å². The van der Waals surface area contributed by atoms with Crippen molar-refractivity contribution in [1.82, 2.24) is 0 Å². The maximum absolute atomic E-state index is 13.4. The third-order valence-corrected chi connectivity index (χ3v) is 3.88. The molecule has 1 N–H and O–H groups in total. The molecular weight excluding hydrogens is 206 g/mol. The molecule has 1 nitrogen and oxygen atoms in total. The van der Waals surface area contributed by atoms with Gasteiger partial charge in [-0.25, -0.2) is 8.78 Å². The van der Waals surface area contributed by atoms with Gasteiger partial charge in [0.2, 0.25) is 0 Å². The molecule has 0 bridgehead atoms. The second-order valence-corrected chi connectivity index (χ2v) is 4.73. The Hall–Kier alpha value is -0.480. The average Bonchev–Trinajstić information content (AvgIpc) is 2.60. The fraction of sp³-hybridized carbons (Fsp3) is 0.600. The predicted octanol–water partition coefficient (Wildman–Crippen LogP) is 2.71. The minimum absolute atomic E-state index is 0.122. The molecule has 0 radical (unpaired) electrons. The van der Waals surface area contributed by atoms with E-state index in [0.717, 1.165) is 29.7 Å². The molecule has 1 aromatic rings. The minimum atomic E-state index is -2.84. The van der Waals surface area contributed by atoms with Crippen LogP contribution in [-0.2, 0) is 18.8 Å². The molecule has 0 saturated carbocycles. The molecule has 78 valence electrons. The summed E-state index contributed by atoms with van der Waals surface area (Å²) in [5.74, 6) is -2.84. The van der Waals surface area contributed by atoms with Crippen molar-refractivity contribution < 1.29 is 13.9 Å². The summed E-state index contributed by atoms with van der Waals surface area (Å²) in [4.78, 5) is 1.23. The van der Waals surface area contributed by atoms with Gasteiger partial charge < -0.3 is 5.11 Å². The molecule has 0 unspecified atom stereocenters. The van der Waals surface area contributed by atoms with Crippen molar-refractivity contribution in [3.05, 3.63) is 21.4 Å². The van der Waals surface area contributed by atoms with E-state index < -0.39 is 19.0 Å². The Morgan fingerprint density at radius 1 is 1.43 bits per heavy atom. The number of aliphatic hydroxyl groups is 1. The van der Waals surface area contributed by atoms with Crippen molar-refractivity contribution in [3.8, 4) is 0 Å². The summed E-state index contributed by atoms with van der Waals surface area (Å²) in [5.41, 5.74) is 1.09. The van der Waals surface area contributed by atoms with Gasteiger partial charge in [0.05, 0.1) is 4.88 Å². The molecule has 0 amide bonds. The van der Waals surface area contributed by atoms with Crippen LogP contribution in [0.2, 0.25) is 0 Å². The summed E-state index contributed by atoms with van der Waals surface area (Å²) >= 11 is 1.21. The van der Waals surface area contributed by atoms with Gasteiger partial charge in [-0.05, 0) is 30.9 Å². The normalized spacial score (nSPS) is 15.9. The lowest BCUT2D eigenvalue weighted by Gasteiger charge is -2.12. The largest absolute Gasteiger partial charge is 0.396 e. The zero-order valence-corrected chi connectivity index (χ0v) is 8.54. The number of aliphatic hydroxyl groups excluding tert-OH is 1. The third-order valence-electron chi connectivity index (χ3n) is 2.53. The maximum atomic E-state index is 13.4. The SMILES string of the molecule is OCCC(F)(F)c1cc2c(s1)CCC2. The summed E-state index contributed by atoms with van der Waals surface area (Å²) in [6, 6.07) is 1.61. The molecule has 0 aromatic carbocycles. The molecule has 1 heterocycles. The van der Waals surface area contributed by atoms with Gasteiger partial charge in [-0.15, -0.1) is 11.3 Å². The number of hydrogen-bond acceptors (Lipinski definition) is 2. The summed E-state index contributed by atoms with van der Waals surface area (Å²) in [7, 11) is 0. The average molecular weight is 218 g/mol. The van der Waals surface area contributed by atoms with E-state index in [1.54, 1.807) is 6.07 Å². The molecule has 0 aliphatic heterocycles. The lowest BCUT2D eigenvalue weighted by atomic mass is 10.1. The smallest absolute Gasteiger partial charge is 0.284 e. The van der Waals surface area contributed by atoms with Crippen LogP contribution in [0.25, 0.3) is 0 Å². The van der Waals surface area contributed by atoms with Crippen molar-refractivity contribution in [2.24, 2.45) is 0 Å². The number of rotatable bonds is 3. The fourth-order valence-corrected chi connectivity index (χ4v) is 3.03. The van der Waals surface area contributed by atoms with E-state index in [-0.39, 0.29) is 4.88 Å². The molecule has 2 rings (SSSR count). The quantitative estimate of drug-likeness (QED) is 0.827. The number of aryl methyl sites for hydroxylation is 2. The van der Waals surface area contributed by atoms with E-state index in [4.69, 9.17) is 5.11 Å². The lowest BCUT2D eigenvalue weighted by molar-refractivity contribution is -0.0234. The first-order chi connectivity index (χ1) is 6.63. The topological polar surface area (TPSA) is 20.2 Å². The van der Waals surface area contributed by atoms with E-state index >= 15 is 0 Å². The van der Waals surface area contributed by atoms with E-state index in [9.17, 15) is 8.78 Å². The Balaban J connectivity index is 2.24. The van der Waals surface area contributed by atoms with Gasteiger partial charge in [0.1, 0.15) is 0 Å². The number of halogens is 2. The van der Waals surface area contributed by atoms with Crippen LogP contribution < -0.4 is 0 Å². The molecule has 0 spiro atoms. The Labute approximate surface area is 85.4 Å². The van der Waals surface area contributed by atoms with Crippen LogP contribution in [0.15, 0.2) is 6.07 Å². The van der Waals surface area contributed by atoms with Gasteiger partial charge >= 0.3 is 0 Å². The second-order valence-electron chi connectivity index (χ2n) is 3.59. The van der Waals surface area contributed by atoms with Crippen LogP contribution in [0.3, 0.4) is 0 Å². The molecule has 1 aromatic heterocycles. The monoisotopic (exact) mass is 218 g/mol. The van der Waals surface area contributed by atoms with Gasteiger partial charge in [0.15, 0.2) is 0 Å². The van der Waals surface area contributed by atoms with E-state index in [0.29, 0.717) is 0 Å². The first kappa shape index (κ1) is 10.1. The van der Waals surface area contributed by atoms with E-state index in [2.05, 4.69) is 0 Å². The van der Waals surface area contributed by atoms with Crippen molar-refractivity contribution in [3.63, 3.8) is 0 Å². The van der Waals surface area contributed by atoms with Crippen LogP contribution >= 0.6 is 11.3 Å². The highest BCUT2D eigenvalue weighted by Crippen LogP contribution is 2.40. The van der Waals surface area contributed by atoms with E-state index in [1.165, 1.54) is 11.3 Å². The Morgan fingerprint density at radius 3 is 2.86 bits per heavy atom. The highest BCUT2D eigenvalue weighted by Gasteiger charge is 2.34. The summed E-state index contributed by atoms with van der Waals surface area (Å²) < 4.78 is 26.7. The van der Waals surface area contributed by atoms with Crippen LogP contribution in [-0.4, -0.2) is 11.7 Å². The van der Waals surface area contributed by atoms with Gasteiger partial charge in [0, 0.05) is 17.9 Å². The van der Waals surface area contributed by atoms with Crippen molar-refractivity contribution in [2.45, 2.75) is 31.6 Å². The molecule has 1 aliphatic carbocycles. The van der Waals surface area contributed by atoms with E-state index in [1.807, 2.05) is 0 Å². The zero-order valence-electron chi connectivity index (χ0n) is 7.72. The zero-order chi connectivity index (χ0) is 10.2. The van der Waals surface area contributed by atoms with Crippen LogP contribution in [0, 0.1) is 0 Å². The van der Waals surface area contributed by atoms with Crippen molar-refractivity contribution in [2.75, 3.05) is 6.61 Å². The summed E-state index contributed by atoms with van der Waals surface area (Å²) in [6.07, 6.45) is 2.50. The maximum Gasteiger partial charge on any atom is 0.284 e. The molecular formula is C10H12F2OS. The van der Waals surface area contributed by atoms with Crippen LogP contribution in [0.5, 0.6) is 0 Å². The van der Waals surface area contributed by atoms with Crippen LogP contribution in [0.4, 0.5) is 8.78 Å². The molecule has 0 fully saturated rings. The number of hydrogen-bond donors (Lipinski definition) is 1. The highest BCUT2D eigenvalue weighted by molar-refractivity contribution is 7.12.